The summed E-state index contributed by atoms with van der Waals surface area (Å²) in [6, 6.07) is 7.53. The topological polar surface area (TPSA) is 15.3 Å². The average molecular weight is 260 g/mol. The van der Waals surface area contributed by atoms with Gasteiger partial charge in [0.2, 0.25) is 0 Å². The van der Waals surface area contributed by atoms with Gasteiger partial charge in [-0.25, -0.2) is 0 Å². The summed E-state index contributed by atoms with van der Waals surface area (Å²) in [5.74, 6) is 0. The fourth-order valence-electron chi connectivity index (χ4n) is 3.04. The van der Waals surface area contributed by atoms with Crippen LogP contribution in [0.25, 0.3) is 0 Å². The molecule has 1 fully saturated rings. The fourth-order valence-corrected chi connectivity index (χ4v) is 3.04. The Bertz CT molecular complexity index is 437. The largest absolute Gasteiger partial charge is 0.312 e. The zero-order valence-electron chi connectivity index (χ0n) is 13.1. The van der Waals surface area contributed by atoms with Crippen molar-refractivity contribution in [1.82, 2.24) is 10.2 Å². The van der Waals surface area contributed by atoms with Gasteiger partial charge in [-0.05, 0) is 70.8 Å². The highest BCUT2D eigenvalue weighted by molar-refractivity contribution is 5.29. The highest BCUT2D eigenvalue weighted by atomic mass is 15.1. The lowest BCUT2D eigenvalue weighted by atomic mass is 9.88. The number of piperidine rings is 1. The Hall–Kier alpha value is -0.860. The predicted molar refractivity (Wildman–Crippen MR) is 82.5 cm³/mol. The monoisotopic (exact) mass is 260 g/mol. The fraction of sp³-hybridized carbons (Fsp3) is 0.647. The Morgan fingerprint density at radius 2 is 2.00 bits per heavy atom. The zero-order valence-corrected chi connectivity index (χ0v) is 13.1. The van der Waals surface area contributed by atoms with Crippen LogP contribution in [0.2, 0.25) is 0 Å². The van der Waals surface area contributed by atoms with E-state index in [1.165, 1.54) is 29.5 Å². The van der Waals surface area contributed by atoms with Gasteiger partial charge in [-0.1, -0.05) is 18.2 Å². The third-order valence-electron chi connectivity index (χ3n) is 4.45. The summed E-state index contributed by atoms with van der Waals surface area (Å²) in [6.45, 7) is 11.2. The van der Waals surface area contributed by atoms with Crippen LogP contribution in [0.4, 0.5) is 0 Å². The molecule has 1 saturated heterocycles. The minimum absolute atomic E-state index is 0.278. The van der Waals surface area contributed by atoms with Gasteiger partial charge < -0.3 is 5.32 Å². The summed E-state index contributed by atoms with van der Waals surface area (Å²) in [4.78, 5) is 2.52. The van der Waals surface area contributed by atoms with Crippen LogP contribution in [0.1, 0.15) is 43.4 Å². The SMILES string of the molecule is Cc1ccc(CN(C)C2CCNC(C)(C)C2)cc1C. The second kappa shape index (κ2) is 5.64. The number of aryl methyl sites for hydroxylation is 2. The van der Waals surface area contributed by atoms with E-state index in [4.69, 9.17) is 0 Å². The second-order valence-corrected chi connectivity index (χ2v) is 6.79. The van der Waals surface area contributed by atoms with Crippen LogP contribution in [-0.2, 0) is 6.54 Å². The standard InChI is InChI=1S/C17H28N2/c1-13-6-7-15(10-14(13)2)12-19(5)16-8-9-18-17(3,4)11-16/h6-7,10,16,18H,8-9,11-12H2,1-5H3. The average Bonchev–Trinajstić information content (AvgIpc) is 2.32. The molecule has 1 atom stereocenters. The Morgan fingerprint density at radius 1 is 1.26 bits per heavy atom. The molecule has 2 nitrogen and oxygen atoms in total. The molecule has 1 unspecified atom stereocenters. The molecule has 2 rings (SSSR count). The van der Waals surface area contributed by atoms with Gasteiger partial charge in [0.25, 0.3) is 0 Å². The number of nitrogens with zero attached hydrogens (tertiary/aromatic N) is 1. The molecule has 1 aromatic carbocycles. The first-order valence-corrected chi connectivity index (χ1v) is 7.39. The summed E-state index contributed by atoms with van der Waals surface area (Å²) < 4.78 is 0. The molecule has 1 aliphatic heterocycles. The third kappa shape index (κ3) is 3.80. The highest BCUT2D eigenvalue weighted by Crippen LogP contribution is 2.23. The van der Waals surface area contributed by atoms with Crippen molar-refractivity contribution in [3.8, 4) is 0 Å². The molecule has 19 heavy (non-hydrogen) atoms. The van der Waals surface area contributed by atoms with Crippen LogP contribution in [0.5, 0.6) is 0 Å². The van der Waals surface area contributed by atoms with E-state index in [-0.39, 0.29) is 5.54 Å². The van der Waals surface area contributed by atoms with E-state index in [0.717, 1.165) is 13.1 Å². The van der Waals surface area contributed by atoms with E-state index >= 15 is 0 Å². The molecule has 1 heterocycles. The van der Waals surface area contributed by atoms with Crippen LogP contribution >= 0.6 is 0 Å². The molecular weight excluding hydrogens is 232 g/mol. The normalized spacial score (nSPS) is 22.7. The van der Waals surface area contributed by atoms with Crippen molar-refractivity contribution in [3.63, 3.8) is 0 Å². The van der Waals surface area contributed by atoms with Gasteiger partial charge in [-0.2, -0.15) is 0 Å². The molecule has 0 spiro atoms. The lowest BCUT2D eigenvalue weighted by Gasteiger charge is -2.40. The summed E-state index contributed by atoms with van der Waals surface area (Å²) in [7, 11) is 2.27. The van der Waals surface area contributed by atoms with Crippen molar-refractivity contribution in [3.05, 3.63) is 34.9 Å². The Kier molecular flexibility index (Phi) is 4.32. The van der Waals surface area contributed by atoms with Crippen molar-refractivity contribution in [2.45, 2.75) is 58.7 Å². The van der Waals surface area contributed by atoms with Crippen LogP contribution in [0, 0.1) is 13.8 Å². The quantitative estimate of drug-likeness (QED) is 0.897. The summed E-state index contributed by atoms with van der Waals surface area (Å²) in [6.07, 6.45) is 2.49. The van der Waals surface area contributed by atoms with Crippen molar-refractivity contribution in [2.75, 3.05) is 13.6 Å². The number of hydrogen-bond acceptors (Lipinski definition) is 2. The molecular formula is C17H28N2. The number of benzene rings is 1. The molecule has 106 valence electrons. The highest BCUT2D eigenvalue weighted by Gasteiger charge is 2.29. The Labute approximate surface area is 118 Å². The number of rotatable bonds is 3. The van der Waals surface area contributed by atoms with Crippen molar-refractivity contribution >= 4 is 0 Å². The lowest BCUT2D eigenvalue weighted by molar-refractivity contribution is 0.138. The van der Waals surface area contributed by atoms with Gasteiger partial charge >= 0.3 is 0 Å². The van der Waals surface area contributed by atoms with Gasteiger partial charge in [-0.3, -0.25) is 4.90 Å². The second-order valence-electron chi connectivity index (χ2n) is 6.79. The lowest BCUT2D eigenvalue weighted by Crippen LogP contribution is -2.52. The molecule has 0 radical (unpaired) electrons. The van der Waals surface area contributed by atoms with Crippen LogP contribution < -0.4 is 5.32 Å². The first-order chi connectivity index (χ1) is 8.87. The Morgan fingerprint density at radius 3 is 2.63 bits per heavy atom. The molecule has 1 aliphatic rings. The van der Waals surface area contributed by atoms with Crippen LogP contribution in [0.3, 0.4) is 0 Å². The molecule has 1 N–H and O–H groups in total. The molecule has 0 aromatic heterocycles. The Balaban J connectivity index is 2.00. The van der Waals surface area contributed by atoms with E-state index in [0.29, 0.717) is 6.04 Å². The summed E-state index contributed by atoms with van der Waals surface area (Å²) in [5, 5.41) is 3.60. The maximum absolute atomic E-state index is 3.60. The van der Waals surface area contributed by atoms with Crippen LogP contribution in [-0.4, -0.2) is 30.1 Å². The summed E-state index contributed by atoms with van der Waals surface area (Å²) in [5.41, 5.74) is 4.49. The van der Waals surface area contributed by atoms with Gasteiger partial charge in [-0.15, -0.1) is 0 Å². The molecule has 0 bridgehead atoms. The molecule has 1 aromatic rings. The first-order valence-electron chi connectivity index (χ1n) is 7.39. The minimum atomic E-state index is 0.278. The van der Waals surface area contributed by atoms with Crippen molar-refractivity contribution in [1.29, 1.82) is 0 Å². The first kappa shape index (κ1) is 14.5. The maximum atomic E-state index is 3.60. The van der Waals surface area contributed by atoms with E-state index in [1.807, 2.05) is 0 Å². The minimum Gasteiger partial charge on any atom is -0.312 e. The van der Waals surface area contributed by atoms with Crippen molar-refractivity contribution < 1.29 is 0 Å². The number of nitrogens with one attached hydrogen (secondary N) is 1. The smallest absolute Gasteiger partial charge is 0.0233 e. The molecule has 0 aliphatic carbocycles. The number of hydrogen-bond donors (Lipinski definition) is 1. The van der Waals surface area contributed by atoms with Gasteiger partial charge in [0.1, 0.15) is 0 Å². The molecule has 0 saturated carbocycles. The van der Waals surface area contributed by atoms with E-state index in [2.05, 4.69) is 63.2 Å². The molecule has 2 heteroatoms. The predicted octanol–water partition coefficient (Wildman–Crippen LogP) is 3.27. The summed E-state index contributed by atoms with van der Waals surface area (Å²) >= 11 is 0. The van der Waals surface area contributed by atoms with Crippen LogP contribution in [0.15, 0.2) is 18.2 Å². The van der Waals surface area contributed by atoms with Gasteiger partial charge in [0, 0.05) is 18.1 Å². The molecule has 0 amide bonds. The third-order valence-corrected chi connectivity index (χ3v) is 4.45. The van der Waals surface area contributed by atoms with E-state index in [9.17, 15) is 0 Å². The zero-order chi connectivity index (χ0) is 14.0. The van der Waals surface area contributed by atoms with Gasteiger partial charge in [0.15, 0.2) is 0 Å². The van der Waals surface area contributed by atoms with Crippen molar-refractivity contribution in [2.24, 2.45) is 0 Å². The maximum Gasteiger partial charge on any atom is 0.0233 e. The van der Waals surface area contributed by atoms with E-state index in [1.54, 1.807) is 0 Å². The van der Waals surface area contributed by atoms with E-state index < -0.39 is 0 Å². The van der Waals surface area contributed by atoms with Gasteiger partial charge in [0.05, 0.1) is 0 Å².